The summed E-state index contributed by atoms with van der Waals surface area (Å²) in [6.45, 7) is 5.17. The van der Waals surface area contributed by atoms with Gasteiger partial charge < -0.3 is 14.8 Å². The Kier molecular flexibility index (Phi) is 7.92. The highest BCUT2D eigenvalue weighted by molar-refractivity contribution is 7.80. The van der Waals surface area contributed by atoms with Crippen LogP contribution in [-0.2, 0) is 4.74 Å². The first-order valence-corrected chi connectivity index (χ1v) is 10.2. The predicted octanol–water partition coefficient (Wildman–Crippen LogP) is 2.10. The number of ether oxygens (including phenoxy) is 2. The minimum atomic E-state index is -0.355. The molecule has 1 aromatic carbocycles. The van der Waals surface area contributed by atoms with Crippen molar-refractivity contribution in [2.45, 2.75) is 0 Å². The Balaban J connectivity index is 1.36. The van der Waals surface area contributed by atoms with E-state index in [9.17, 15) is 4.79 Å². The molecule has 0 unspecified atom stereocenters. The maximum atomic E-state index is 11.9. The summed E-state index contributed by atoms with van der Waals surface area (Å²) < 4.78 is 10.6. The van der Waals surface area contributed by atoms with Crippen LogP contribution in [0.25, 0.3) is 0 Å². The largest absolute Gasteiger partial charge is 0.422 e. The van der Waals surface area contributed by atoms with Gasteiger partial charge in [0.25, 0.3) is 0 Å². The van der Waals surface area contributed by atoms with Gasteiger partial charge in [-0.1, -0.05) is 6.07 Å². The van der Waals surface area contributed by atoms with Crippen LogP contribution in [0.2, 0.25) is 0 Å². The molecule has 2 aromatic rings. The highest BCUT2D eigenvalue weighted by Gasteiger charge is 2.10. The number of esters is 1. The second-order valence-corrected chi connectivity index (χ2v) is 7.37. The Bertz CT molecular complexity index is 788. The lowest BCUT2D eigenvalue weighted by molar-refractivity contribution is 0.0389. The molecule has 28 heavy (non-hydrogen) atoms. The number of morpholine rings is 1. The van der Waals surface area contributed by atoms with Gasteiger partial charge in [-0.15, -0.1) is 11.3 Å². The number of thiophene rings is 1. The van der Waals surface area contributed by atoms with Gasteiger partial charge in [-0.05, 0) is 53.5 Å². The van der Waals surface area contributed by atoms with Crippen LogP contribution in [0.15, 0.2) is 46.9 Å². The fourth-order valence-electron chi connectivity index (χ4n) is 2.53. The Morgan fingerprint density at radius 1 is 1.29 bits per heavy atom. The van der Waals surface area contributed by atoms with Gasteiger partial charge in [-0.3, -0.25) is 10.3 Å². The summed E-state index contributed by atoms with van der Waals surface area (Å²) in [5.41, 5.74) is 3.66. The summed E-state index contributed by atoms with van der Waals surface area (Å²) in [7, 11) is 0. The van der Waals surface area contributed by atoms with Gasteiger partial charge >= 0.3 is 5.97 Å². The van der Waals surface area contributed by atoms with E-state index in [1.54, 1.807) is 24.4 Å². The molecule has 3 rings (SSSR count). The first-order chi connectivity index (χ1) is 13.7. The van der Waals surface area contributed by atoms with Gasteiger partial charge in [-0.25, -0.2) is 4.79 Å². The number of nitrogens with zero attached hydrogens (tertiary/aromatic N) is 2. The minimum absolute atomic E-state index is 0.355. The third kappa shape index (κ3) is 6.68. The van der Waals surface area contributed by atoms with Crippen LogP contribution >= 0.6 is 23.6 Å². The van der Waals surface area contributed by atoms with Crippen molar-refractivity contribution in [2.75, 3.05) is 39.4 Å². The van der Waals surface area contributed by atoms with Gasteiger partial charge in [0.1, 0.15) is 10.6 Å². The first-order valence-electron chi connectivity index (χ1n) is 8.93. The van der Waals surface area contributed by atoms with Gasteiger partial charge in [-0.2, -0.15) is 5.10 Å². The number of hydrogen-bond donors (Lipinski definition) is 2. The third-order valence-electron chi connectivity index (χ3n) is 4.01. The van der Waals surface area contributed by atoms with Crippen molar-refractivity contribution in [1.29, 1.82) is 0 Å². The van der Waals surface area contributed by atoms with Gasteiger partial charge in [0.05, 0.1) is 19.4 Å². The molecule has 7 nitrogen and oxygen atoms in total. The first kappa shape index (κ1) is 20.4. The quantitative estimate of drug-likeness (QED) is 0.234. The van der Waals surface area contributed by atoms with Crippen LogP contribution in [0, 0.1) is 0 Å². The summed E-state index contributed by atoms with van der Waals surface area (Å²) in [6.07, 6.45) is 1.65. The molecule has 1 aromatic heterocycles. The second-order valence-electron chi connectivity index (χ2n) is 6.02. The molecule has 0 amide bonds. The fourth-order valence-corrected chi connectivity index (χ4v) is 3.28. The van der Waals surface area contributed by atoms with Crippen LogP contribution in [-0.4, -0.2) is 61.6 Å². The fraction of sp³-hybridized carbons (Fsp3) is 0.316. The SMILES string of the molecule is O=C(Oc1ccc(/C=N/NC(=S)NCCN2CCOCC2)cc1)c1cccs1. The van der Waals surface area contributed by atoms with Crippen LogP contribution < -0.4 is 15.5 Å². The van der Waals surface area contributed by atoms with Crippen LogP contribution in [0.4, 0.5) is 0 Å². The van der Waals surface area contributed by atoms with E-state index in [-0.39, 0.29) is 5.97 Å². The molecule has 148 valence electrons. The number of nitrogens with one attached hydrogen (secondary N) is 2. The summed E-state index contributed by atoms with van der Waals surface area (Å²) in [5.74, 6) is 0.135. The van der Waals surface area contributed by atoms with Crippen molar-refractivity contribution in [1.82, 2.24) is 15.6 Å². The normalized spacial score (nSPS) is 14.7. The lowest BCUT2D eigenvalue weighted by Gasteiger charge is -2.26. The second kappa shape index (κ2) is 10.9. The number of hydrogen-bond acceptors (Lipinski definition) is 7. The Morgan fingerprint density at radius 2 is 2.07 bits per heavy atom. The van der Waals surface area contributed by atoms with E-state index in [2.05, 4.69) is 20.7 Å². The van der Waals surface area contributed by atoms with E-state index in [0.717, 1.165) is 45.0 Å². The van der Waals surface area contributed by atoms with E-state index in [4.69, 9.17) is 21.7 Å². The Hall–Kier alpha value is -2.33. The van der Waals surface area contributed by atoms with Crippen LogP contribution in [0.3, 0.4) is 0 Å². The molecule has 0 spiro atoms. The number of carbonyl (C=O) groups excluding carboxylic acids is 1. The van der Waals surface area contributed by atoms with E-state index in [0.29, 0.717) is 15.7 Å². The zero-order valence-corrected chi connectivity index (χ0v) is 16.9. The Morgan fingerprint density at radius 3 is 2.79 bits per heavy atom. The van der Waals surface area contributed by atoms with Crippen molar-refractivity contribution in [3.63, 3.8) is 0 Å². The molecular weight excluding hydrogens is 396 g/mol. The highest BCUT2D eigenvalue weighted by atomic mass is 32.1. The minimum Gasteiger partial charge on any atom is -0.422 e. The van der Waals surface area contributed by atoms with E-state index < -0.39 is 0 Å². The lowest BCUT2D eigenvalue weighted by atomic mass is 10.2. The van der Waals surface area contributed by atoms with Crippen molar-refractivity contribution in [3.8, 4) is 5.75 Å². The molecule has 0 saturated carbocycles. The van der Waals surface area contributed by atoms with Gasteiger partial charge in [0.15, 0.2) is 5.11 Å². The zero-order valence-electron chi connectivity index (χ0n) is 15.3. The number of carbonyl (C=O) groups is 1. The molecule has 1 fully saturated rings. The van der Waals surface area contributed by atoms with Crippen LogP contribution in [0.5, 0.6) is 5.75 Å². The smallest absolute Gasteiger partial charge is 0.353 e. The van der Waals surface area contributed by atoms with Gasteiger partial charge in [0, 0.05) is 26.2 Å². The summed E-state index contributed by atoms with van der Waals surface area (Å²) >= 11 is 6.56. The van der Waals surface area contributed by atoms with Crippen molar-refractivity contribution < 1.29 is 14.3 Å². The highest BCUT2D eigenvalue weighted by Crippen LogP contribution is 2.16. The topological polar surface area (TPSA) is 75.2 Å². The van der Waals surface area contributed by atoms with Gasteiger partial charge in [0.2, 0.25) is 0 Å². The number of benzene rings is 1. The van der Waals surface area contributed by atoms with E-state index in [1.165, 1.54) is 11.3 Å². The average molecular weight is 419 g/mol. The molecule has 2 N–H and O–H groups in total. The average Bonchev–Trinajstić information content (AvgIpc) is 3.25. The molecule has 0 bridgehead atoms. The third-order valence-corrected chi connectivity index (χ3v) is 5.10. The molecular formula is C19H22N4O3S2. The van der Waals surface area contributed by atoms with E-state index in [1.807, 2.05) is 23.6 Å². The number of rotatable bonds is 7. The van der Waals surface area contributed by atoms with Crippen molar-refractivity contribution in [3.05, 3.63) is 52.2 Å². The molecule has 1 aliphatic heterocycles. The summed E-state index contributed by atoms with van der Waals surface area (Å²) in [6, 6.07) is 10.6. The molecule has 0 aliphatic carbocycles. The zero-order chi connectivity index (χ0) is 19.6. The number of hydrazone groups is 1. The standard InChI is InChI=1S/C19H22N4O3S2/c24-18(17-2-1-13-28-17)26-16-5-3-15(4-6-16)14-21-22-19(27)20-7-8-23-9-11-25-12-10-23/h1-6,13-14H,7-12H2,(H2,20,22,27)/b21-14+. The molecule has 2 heterocycles. The maximum absolute atomic E-state index is 11.9. The monoisotopic (exact) mass is 418 g/mol. The summed E-state index contributed by atoms with van der Waals surface area (Å²) in [4.78, 5) is 14.8. The van der Waals surface area contributed by atoms with Crippen LogP contribution in [0.1, 0.15) is 15.2 Å². The van der Waals surface area contributed by atoms with Crippen molar-refractivity contribution >= 4 is 40.9 Å². The van der Waals surface area contributed by atoms with Crippen molar-refractivity contribution in [2.24, 2.45) is 5.10 Å². The predicted molar refractivity (Wildman–Crippen MR) is 114 cm³/mol. The Labute approximate surface area is 173 Å². The molecule has 1 aliphatic rings. The molecule has 0 atom stereocenters. The molecule has 9 heteroatoms. The number of thiocarbonyl (C=S) groups is 1. The van der Waals surface area contributed by atoms with E-state index >= 15 is 0 Å². The molecule has 1 saturated heterocycles. The summed E-state index contributed by atoms with van der Waals surface area (Å²) in [5, 5.41) is 9.56. The maximum Gasteiger partial charge on any atom is 0.353 e. The lowest BCUT2D eigenvalue weighted by Crippen LogP contribution is -2.42. The molecule has 0 radical (unpaired) electrons.